The third-order valence-corrected chi connectivity index (χ3v) is 19.0. The van der Waals surface area contributed by atoms with E-state index in [1.54, 1.807) is 0 Å². The van der Waals surface area contributed by atoms with Gasteiger partial charge in [-0.15, -0.1) is 0 Å². The van der Waals surface area contributed by atoms with Gasteiger partial charge in [0.15, 0.2) is 17.4 Å². The summed E-state index contributed by atoms with van der Waals surface area (Å²) in [6.45, 7) is 17.4. The van der Waals surface area contributed by atoms with Crippen molar-refractivity contribution in [1.29, 1.82) is 0 Å². The molecule has 2 spiro atoms. The Morgan fingerprint density at radius 3 is 2.02 bits per heavy atom. The quantitative estimate of drug-likeness (QED) is 0.237. The third kappa shape index (κ3) is 4.18. The smallest absolute Gasteiger partial charge is 0.181 e. The van der Waals surface area contributed by atoms with Crippen molar-refractivity contribution >= 4 is 5.78 Å². The highest BCUT2D eigenvalue weighted by Gasteiger charge is 2.78. The molecule has 0 aromatic heterocycles. The molecule has 0 bridgehead atoms. The van der Waals surface area contributed by atoms with E-state index in [0.29, 0.717) is 42.7 Å². The molecule has 8 aliphatic carbocycles. The van der Waals surface area contributed by atoms with E-state index in [-0.39, 0.29) is 22.4 Å². The lowest BCUT2D eigenvalue weighted by molar-refractivity contribution is -0.242. The summed E-state index contributed by atoms with van der Waals surface area (Å²) in [5.41, 5.74) is 1.87. The van der Waals surface area contributed by atoms with Crippen LogP contribution in [0, 0.1) is 74.9 Å². The number of carbonyl (C=O) groups excluding carboxylic acids is 1. The van der Waals surface area contributed by atoms with Crippen molar-refractivity contribution in [3.05, 3.63) is 11.6 Å². The Labute approximate surface area is 301 Å². The fourth-order valence-electron chi connectivity index (χ4n) is 16.1. The van der Waals surface area contributed by atoms with Crippen molar-refractivity contribution < 1.29 is 28.5 Å². The third-order valence-electron chi connectivity index (χ3n) is 19.0. The van der Waals surface area contributed by atoms with E-state index in [2.05, 4.69) is 47.6 Å². The van der Waals surface area contributed by atoms with Gasteiger partial charge in [0, 0.05) is 12.8 Å². The first-order valence-electron chi connectivity index (χ1n) is 21.4. The van der Waals surface area contributed by atoms with E-state index < -0.39 is 11.2 Å². The maximum Gasteiger partial charge on any atom is 0.181 e. The van der Waals surface area contributed by atoms with Gasteiger partial charge in [-0.25, -0.2) is 0 Å². The molecular weight excluding hydrogens is 624 g/mol. The van der Waals surface area contributed by atoms with Crippen molar-refractivity contribution in [3.8, 4) is 0 Å². The zero-order chi connectivity index (χ0) is 34.5. The van der Waals surface area contributed by atoms with E-state index in [0.717, 1.165) is 73.9 Å². The molecular formula is C44H66O6. The van der Waals surface area contributed by atoms with E-state index >= 15 is 0 Å². The molecule has 0 N–H and O–H groups in total. The number of epoxide rings is 1. The number of hydrogen-bond acceptors (Lipinski definition) is 6. The molecule has 3 aliphatic heterocycles. The summed E-state index contributed by atoms with van der Waals surface area (Å²) in [6.07, 6.45) is 20.9. The lowest BCUT2D eigenvalue weighted by Crippen LogP contribution is -2.60. The summed E-state index contributed by atoms with van der Waals surface area (Å²) >= 11 is 0. The molecule has 6 nitrogen and oxygen atoms in total. The average Bonchev–Trinajstić information content (AvgIpc) is 3.40. The molecule has 0 amide bonds. The maximum absolute atomic E-state index is 13.5. The minimum Gasteiger partial charge on any atom is -0.368 e. The summed E-state index contributed by atoms with van der Waals surface area (Å²) in [5, 5.41) is 0. The first kappa shape index (κ1) is 33.8. The van der Waals surface area contributed by atoms with Crippen LogP contribution in [-0.4, -0.2) is 56.0 Å². The number of ketones is 1. The van der Waals surface area contributed by atoms with Crippen molar-refractivity contribution in [1.82, 2.24) is 0 Å². The van der Waals surface area contributed by atoms with Gasteiger partial charge in [-0.05, 0) is 148 Å². The summed E-state index contributed by atoms with van der Waals surface area (Å²) < 4.78 is 31.3. The molecule has 6 heteroatoms. The summed E-state index contributed by atoms with van der Waals surface area (Å²) in [6, 6.07) is 0. The van der Waals surface area contributed by atoms with Crippen molar-refractivity contribution in [2.24, 2.45) is 74.9 Å². The maximum atomic E-state index is 13.5. The van der Waals surface area contributed by atoms with E-state index in [1.165, 1.54) is 76.2 Å². The second kappa shape index (κ2) is 11.1. The number of ether oxygens (including phenoxy) is 5. The Kier molecular flexibility index (Phi) is 7.52. The Balaban J connectivity index is 0.000000127. The Morgan fingerprint density at radius 1 is 0.660 bits per heavy atom. The van der Waals surface area contributed by atoms with Gasteiger partial charge in [-0.2, -0.15) is 0 Å². The second-order valence-corrected chi connectivity index (χ2v) is 20.7. The first-order chi connectivity index (χ1) is 23.9. The Bertz CT molecular complexity index is 1430. The molecule has 0 aromatic rings. The molecule has 3 heterocycles. The average molecular weight is 691 g/mol. The van der Waals surface area contributed by atoms with Gasteiger partial charge in [0.1, 0.15) is 0 Å². The lowest BCUT2D eigenvalue weighted by atomic mass is 9.44. The van der Waals surface area contributed by atoms with Gasteiger partial charge in [0.2, 0.25) is 0 Å². The number of carbonyl (C=O) groups is 1. The summed E-state index contributed by atoms with van der Waals surface area (Å²) in [7, 11) is 0. The number of allylic oxidation sites excluding steroid dienone is 2. The van der Waals surface area contributed by atoms with Crippen LogP contribution < -0.4 is 0 Å². The molecule has 15 atom stereocenters. The fraction of sp³-hybridized carbons (Fsp3) is 0.932. The highest BCUT2D eigenvalue weighted by atomic mass is 16.7. The number of fused-ring (bicyclic) bond motifs is 15. The van der Waals surface area contributed by atoms with Crippen LogP contribution in [0.1, 0.15) is 131 Å². The molecule has 7 saturated carbocycles. The van der Waals surface area contributed by atoms with Crippen LogP contribution in [0.2, 0.25) is 0 Å². The summed E-state index contributed by atoms with van der Waals surface area (Å²) in [4.78, 5) is 13.5. The molecule has 11 rings (SSSR count). The predicted molar refractivity (Wildman–Crippen MR) is 191 cm³/mol. The van der Waals surface area contributed by atoms with Crippen LogP contribution in [-0.2, 0) is 28.5 Å². The van der Waals surface area contributed by atoms with Crippen LogP contribution in [0.3, 0.4) is 0 Å². The van der Waals surface area contributed by atoms with Crippen LogP contribution >= 0.6 is 0 Å². The largest absolute Gasteiger partial charge is 0.368 e. The predicted octanol–water partition coefficient (Wildman–Crippen LogP) is 8.90. The zero-order valence-electron chi connectivity index (χ0n) is 32.1. The van der Waals surface area contributed by atoms with Gasteiger partial charge in [-0.1, -0.05) is 46.6 Å². The standard InChI is InChI=1S/C22H34O3.C22H32O3/c1-13-6-8-20(2)14(12-13)4-5-15-16-7-9-22(23-10-11-24-22)21(16,3)19-18(25-19)17(15)20;1-14-6-8-20(2)15(12-14)4-5-16-17-7-9-22(24-10-11-25-22)21(17,3)19(23)13-18(16)20/h13-19H,4-12H2,1-3H3;13-17H,4-12H2,1-3H3/t13-,14-,15?,16?,17?,18+,19+,20+,21-;14-,15-,16?,17?,20+,21-/m11/s1. The number of rotatable bonds is 0. The summed E-state index contributed by atoms with van der Waals surface area (Å²) in [5.74, 6) is 6.08. The molecule has 278 valence electrons. The molecule has 0 radical (unpaired) electrons. The Hall–Kier alpha value is -0.790. The van der Waals surface area contributed by atoms with Crippen LogP contribution in [0.25, 0.3) is 0 Å². The normalized spacial score (nSPS) is 56.2. The van der Waals surface area contributed by atoms with Crippen molar-refractivity contribution in [2.75, 3.05) is 26.4 Å². The Morgan fingerprint density at radius 2 is 1.28 bits per heavy atom. The van der Waals surface area contributed by atoms with Gasteiger partial charge in [0.05, 0.1) is 49.5 Å². The molecule has 50 heavy (non-hydrogen) atoms. The molecule has 0 aromatic carbocycles. The van der Waals surface area contributed by atoms with Gasteiger partial charge in [0.25, 0.3) is 0 Å². The highest BCUT2D eigenvalue weighted by Crippen LogP contribution is 2.74. The van der Waals surface area contributed by atoms with Gasteiger partial charge < -0.3 is 23.7 Å². The minimum absolute atomic E-state index is 0.0838. The molecule has 11 aliphatic rings. The van der Waals surface area contributed by atoms with Crippen LogP contribution in [0.4, 0.5) is 0 Å². The second-order valence-electron chi connectivity index (χ2n) is 20.7. The molecule has 3 saturated heterocycles. The molecule has 10 fully saturated rings. The van der Waals surface area contributed by atoms with E-state index in [1.807, 2.05) is 0 Å². The van der Waals surface area contributed by atoms with E-state index in [9.17, 15) is 4.79 Å². The SMILES string of the molecule is C[C@@H]1CC[C@]2(C)C3=CC(=O)[C@@]4(C)C(CCC45OCCO5)C3CC[C@@H]2C1.C[C@@H]1CC[C@]2(C)C3C(CC[C@@H]2C1)C1CCC2(OCCO2)[C@@]1(C)[C@H]1O[C@@H]31. The zero-order valence-corrected chi connectivity index (χ0v) is 32.1. The van der Waals surface area contributed by atoms with Crippen molar-refractivity contribution in [3.63, 3.8) is 0 Å². The number of hydrogen-bond donors (Lipinski definition) is 0. The first-order valence-corrected chi connectivity index (χ1v) is 21.4. The van der Waals surface area contributed by atoms with Crippen molar-refractivity contribution in [2.45, 2.75) is 155 Å². The fourth-order valence-corrected chi connectivity index (χ4v) is 16.1. The van der Waals surface area contributed by atoms with Gasteiger partial charge >= 0.3 is 0 Å². The van der Waals surface area contributed by atoms with Crippen LogP contribution in [0.15, 0.2) is 11.6 Å². The minimum atomic E-state index is -0.643. The highest BCUT2D eigenvalue weighted by molar-refractivity contribution is 5.98. The van der Waals surface area contributed by atoms with Gasteiger partial charge in [-0.3, -0.25) is 4.79 Å². The lowest BCUT2D eigenvalue weighted by Gasteiger charge is -2.59. The van der Waals surface area contributed by atoms with E-state index in [4.69, 9.17) is 23.7 Å². The monoisotopic (exact) mass is 690 g/mol. The molecule has 5 unspecified atom stereocenters. The topological polar surface area (TPSA) is 66.5 Å². The van der Waals surface area contributed by atoms with Crippen LogP contribution in [0.5, 0.6) is 0 Å².